The van der Waals surface area contributed by atoms with E-state index in [4.69, 9.17) is 0 Å². The van der Waals surface area contributed by atoms with Crippen LogP contribution in [0, 0.1) is 22.7 Å². The molecule has 2 fully saturated rings. The first-order chi connectivity index (χ1) is 13.5. The largest absolute Gasteiger partial charge is 0.325 e. The molecule has 9 nitrogen and oxygen atoms in total. The number of hydrogen-bond donors (Lipinski definition) is 2. The fourth-order valence-electron chi connectivity index (χ4n) is 3.59. The second-order valence-electron chi connectivity index (χ2n) is 7.06. The molecule has 2 aliphatic rings. The molecule has 0 spiro atoms. The molecular formula is C19H19N7O2. The fourth-order valence-corrected chi connectivity index (χ4v) is 3.59. The van der Waals surface area contributed by atoms with Gasteiger partial charge in [0.2, 0.25) is 11.8 Å². The SMILES string of the molecule is CC(=O)Nc1cc(Nc2cc(N3CC[C@@](C#N)(C4CC4)C3=O)ccn2)ncn1. The highest BCUT2D eigenvalue weighted by Crippen LogP contribution is 2.51. The summed E-state index contributed by atoms with van der Waals surface area (Å²) in [4.78, 5) is 38.1. The molecule has 0 aromatic carbocycles. The first kappa shape index (κ1) is 17.9. The molecule has 1 aliphatic carbocycles. The zero-order valence-electron chi connectivity index (χ0n) is 15.3. The summed E-state index contributed by atoms with van der Waals surface area (Å²) in [6.07, 6.45) is 5.38. The Balaban J connectivity index is 1.54. The van der Waals surface area contributed by atoms with E-state index in [-0.39, 0.29) is 17.7 Å². The van der Waals surface area contributed by atoms with E-state index in [2.05, 4.69) is 31.7 Å². The van der Waals surface area contributed by atoms with Crippen LogP contribution in [0.4, 0.5) is 23.1 Å². The molecule has 0 radical (unpaired) electrons. The van der Waals surface area contributed by atoms with Gasteiger partial charge >= 0.3 is 0 Å². The van der Waals surface area contributed by atoms with Crippen LogP contribution in [0.3, 0.4) is 0 Å². The maximum atomic E-state index is 13.0. The maximum absolute atomic E-state index is 13.0. The summed E-state index contributed by atoms with van der Waals surface area (Å²) >= 11 is 0. The van der Waals surface area contributed by atoms with Crippen molar-refractivity contribution in [1.82, 2.24) is 15.0 Å². The normalized spacial score (nSPS) is 21.3. The van der Waals surface area contributed by atoms with E-state index in [1.807, 2.05) is 0 Å². The number of anilines is 4. The number of pyridine rings is 1. The number of nitrogens with one attached hydrogen (secondary N) is 2. The van der Waals surface area contributed by atoms with Crippen molar-refractivity contribution in [3.63, 3.8) is 0 Å². The highest BCUT2D eigenvalue weighted by molar-refractivity contribution is 6.02. The van der Waals surface area contributed by atoms with Gasteiger partial charge in [0.25, 0.3) is 0 Å². The standard InChI is InChI=1S/C19H19N7O2/c1-12(27)24-16-9-17(23-11-22-16)25-15-8-14(4-6-21-15)26-7-5-19(10-20,18(26)28)13-2-3-13/h4,6,8-9,11,13H,2-3,5,7H2,1H3,(H2,21,22,23,24,25,27)/t19-/m1/s1. The van der Waals surface area contributed by atoms with E-state index in [1.54, 1.807) is 29.3 Å². The van der Waals surface area contributed by atoms with Crippen molar-refractivity contribution in [2.45, 2.75) is 26.2 Å². The second kappa shape index (κ2) is 6.88. The maximum Gasteiger partial charge on any atom is 0.247 e. The van der Waals surface area contributed by atoms with E-state index in [0.717, 1.165) is 12.8 Å². The topological polar surface area (TPSA) is 124 Å². The average molecular weight is 377 g/mol. The third kappa shape index (κ3) is 3.24. The summed E-state index contributed by atoms with van der Waals surface area (Å²) < 4.78 is 0. The van der Waals surface area contributed by atoms with Gasteiger partial charge in [0.15, 0.2) is 0 Å². The number of nitrogens with zero attached hydrogens (tertiary/aromatic N) is 5. The van der Waals surface area contributed by atoms with Crippen LogP contribution in [-0.2, 0) is 9.59 Å². The molecule has 3 heterocycles. The minimum absolute atomic E-state index is 0.121. The van der Waals surface area contributed by atoms with Gasteiger partial charge in [0.05, 0.1) is 6.07 Å². The Morgan fingerprint density at radius 1 is 1.25 bits per heavy atom. The van der Waals surface area contributed by atoms with E-state index in [0.29, 0.717) is 36.1 Å². The van der Waals surface area contributed by atoms with Gasteiger partial charge in [-0.1, -0.05) is 0 Å². The molecule has 142 valence electrons. The quantitative estimate of drug-likeness (QED) is 0.819. The van der Waals surface area contributed by atoms with Gasteiger partial charge in [0.1, 0.15) is 29.2 Å². The lowest BCUT2D eigenvalue weighted by Crippen LogP contribution is -2.35. The van der Waals surface area contributed by atoms with Gasteiger partial charge in [-0.3, -0.25) is 9.59 Å². The van der Waals surface area contributed by atoms with Crippen molar-refractivity contribution < 1.29 is 9.59 Å². The number of hydrogen-bond acceptors (Lipinski definition) is 7. The summed E-state index contributed by atoms with van der Waals surface area (Å²) in [5.74, 6) is 1.17. The molecule has 1 atom stereocenters. The summed E-state index contributed by atoms with van der Waals surface area (Å²) in [6, 6.07) is 7.38. The molecule has 0 bridgehead atoms. The average Bonchev–Trinajstić information content (AvgIpc) is 3.46. The van der Waals surface area contributed by atoms with Gasteiger partial charge in [-0.15, -0.1) is 0 Å². The molecule has 2 N–H and O–H groups in total. The van der Waals surface area contributed by atoms with E-state index < -0.39 is 5.41 Å². The summed E-state index contributed by atoms with van der Waals surface area (Å²) in [6.45, 7) is 1.92. The number of amides is 2. The molecule has 0 unspecified atom stereocenters. The van der Waals surface area contributed by atoms with Crippen LogP contribution in [-0.4, -0.2) is 33.3 Å². The zero-order chi connectivity index (χ0) is 19.7. The molecule has 1 saturated carbocycles. The lowest BCUT2D eigenvalue weighted by Gasteiger charge is -2.21. The van der Waals surface area contributed by atoms with Gasteiger partial charge in [-0.25, -0.2) is 15.0 Å². The third-order valence-corrected chi connectivity index (χ3v) is 5.11. The Bertz CT molecular complexity index is 982. The van der Waals surface area contributed by atoms with Gasteiger partial charge in [-0.05, 0) is 31.2 Å². The summed E-state index contributed by atoms with van der Waals surface area (Å²) in [5, 5.41) is 15.3. The molecule has 9 heteroatoms. The Morgan fingerprint density at radius 3 is 2.71 bits per heavy atom. The molecular weight excluding hydrogens is 358 g/mol. The second-order valence-corrected chi connectivity index (χ2v) is 7.06. The first-order valence-electron chi connectivity index (χ1n) is 9.08. The number of rotatable bonds is 5. The predicted octanol–water partition coefficient (Wildman–Crippen LogP) is 2.23. The van der Waals surface area contributed by atoms with E-state index >= 15 is 0 Å². The summed E-state index contributed by atoms with van der Waals surface area (Å²) in [7, 11) is 0. The van der Waals surface area contributed by atoms with E-state index in [9.17, 15) is 14.9 Å². The molecule has 2 amide bonds. The van der Waals surface area contributed by atoms with Crippen molar-refractivity contribution in [3.05, 3.63) is 30.7 Å². The lowest BCUT2D eigenvalue weighted by molar-refractivity contribution is -0.123. The fraction of sp³-hybridized carbons (Fsp3) is 0.368. The minimum atomic E-state index is -0.878. The van der Waals surface area contributed by atoms with Gasteiger partial charge in [0, 0.05) is 37.5 Å². The molecule has 1 saturated heterocycles. The van der Waals surface area contributed by atoms with Crippen molar-refractivity contribution in [2.75, 3.05) is 22.1 Å². The lowest BCUT2D eigenvalue weighted by atomic mass is 9.83. The number of nitriles is 1. The summed E-state index contributed by atoms with van der Waals surface area (Å²) in [5.41, 5.74) is -0.187. The highest BCUT2D eigenvalue weighted by Gasteiger charge is 2.56. The van der Waals surface area contributed by atoms with Crippen LogP contribution < -0.4 is 15.5 Å². The van der Waals surface area contributed by atoms with Crippen LogP contribution in [0.15, 0.2) is 30.7 Å². The zero-order valence-corrected chi connectivity index (χ0v) is 15.3. The molecule has 4 rings (SSSR count). The van der Waals surface area contributed by atoms with Crippen LogP contribution in [0.25, 0.3) is 0 Å². The Morgan fingerprint density at radius 2 is 2.00 bits per heavy atom. The van der Waals surface area contributed by atoms with Crippen LogP contribution >= 0.6 is 0 Å². The van der Waals surface area contributed by atoms with Crippen LogP contribution in [0.1, 0.15) is 26.2 Å². The highest BCUT2D eigenvalue weighted by atomic mass is 16.2. The number of aromatic nitrogens is 3. The Hall–Kier alpha value is -3.54. The van der Waals surface area contributed by atoms with Crippen LogP contribution in [0.2, 0.25) is 0 Å². The molecule has 1 aliphatic heterocycles. The number of carbonyl (C=O) groups is 2. The van der Waals surface area contributed by atoms with Gasteiger partial charge < -0.3 is 15.5 Å². The van der Waals surface area contributed by atoms with Crippen molar-refractivity contribution in [1.29, 1.82) is 5.26 Å². The van der Waals surface area contributed by atoms with E-state index in [1.165, 1.54) is 13.3 Å². The minimum Gasteiger partial charge on any atom is -0.325 e. The Kier molecular flexibility index (Phi) is 4.39. The van der Waals surface area contributed by atoms with Gasteiger partial charge in [-0.2, -0.15) is 5.26 Å². The van der Waals surface area contributed by atoms with Crippen LogP contribution in [0.5, 0.6) is 0 Å². The molecule has 28 heavy (non-hydrogen) atoms. The molecule has 2 aromatic heterocycles. The van der Waals surface area contributed by atoms with Crippen molar-refractivity contribution >= 4 is 35.0 Å². The van der Waals surface area contributed by atoms with Crippen molar-refractivity contribution in [2.24, 2.45) is 11.3 Å². The van der Waals surface area contributed by atoms with Crippen molar-refractivity contribution in [3.8, 4) is 6.07 Å². The smallest absolute Gasteiger partial charge is 0.247 e. The molecule has 2 aromatic rings. The number of carbonyl (C=O) groups excluding carboxylic acids is 2. The predicted molar refractivity (Wildman–Crippen MR) is 102 cm³/mol. The first-order valence-corrected chi connectivity index (χ1v) is 9.08. The Labute approximate surface area is 161 Å². The third-order valence-electron chi connectivity index (χ3n) is 5.11. The monoisotopic (exact) mass is 377 g/mol.